The van der Waals surface area contributed by atoms with E-state index in [2.05, 4.69) is 59.7 Å². The zero-order valence-electron chi connectivity index (χ0n) is 13.3. The molecule has 0 bridgehead atoms. The number of benzene rings is 1. The lowest BCUT2D eigenvalue weighted by Gasteiger charge is -2.24. The lowest BCUT2D eigenvalue weighted by molar-refractivity contribution is 0.506. The monoisotopic (exact) mass is 269 g/mol. The van der Waals surface area contributed by atoms with E-state index in [0.29, 0.717) is 5.76 Å². The van der Waals surface area contributed by atoms with Gasteiger partial charge in [-0.15, -0.1) is 0 Å². The van der Waals surface area contributed by atoms with Crippen molar-refractivity contribution in [3.63, 3.8) is 0 Å². The summed E-state index contributed by atoms with van der Waals surface area (Å²) in [7, 11) is 0. The molecule has 0 amide bonds. The fraction of sp³-hybridized carbons (Fsp3) is 0.500. The van der Waals surface area contributed by atoms with Gasteiger partial charge in [-0.1, -0.05) is 47.6 Å². The van der Waals surface area contributed by atoms with Gasteiger partial charge in [0.15, 0.2) is 0 Å². The van der Waals surface area contributed by atoms with E-state index in [9.17, 15) is 5.26 Å². The summed E-state index contributed by atoms with van der Waals surface area (Å²) in [6.07, 6.45) is 1.08. The average Bonchev–Trinajstić information content (AvgIpc) is 2.75. The van der Waals surface area contributed by atoms with Gasteiger partial charge >= 0.3 is 0 Å². The average molecular weight is 269 g/mol. The van der Waals surface area contributed by atoms with Crippen molar-refractivity contribution in [2.45, 2.75) is 58.8 Å². The second-order valence-electron chi connectivity index (χ2n) is 7.12. The van der Waals surface area contributed by atoms with Gasteiger partial charge < -0.3 is 4.42 Å². The van der Waals surface area contributed by atoms with Gasteiger partial charge in [0.05, 0.1) is 0 Å². The SMILES string of the molecule is CCC(C)(C)c1ccc2oc(C#N)c(C(C)(C)C)c2c1. The van der Waals surface area contributed by atoms with Crippen LogP contribution in [0.4, 0.5) is 0 Å². The third kappa shape index (κ3) is 2.33. The van der Waals surface area contributed by atoms with Crippen LogP contribution in [0.3, 0.4) is 0 Å². The molecule has 0 saturated carbocycles. The van der Waals surface area contributed by atoms with E-state index in [0.717, 1.165) is 23.0 Å². The van der Waals surface area contributed by atoms with Crippen molar-refractivity contribution < 1.29 is 4.42 Å². The second-order valence-corrected chi connectivity index (χ2v) is 7.12. The Balaban J connectivity index is 2.78. The van der Waals surface area contributed by atoms with Crippen LogP contribution in [0.25, 0.3) is 11.0 Å². The molecule has 2 heteroatoms. The molecule has 2 aromatic rings. The van der Waals surface area contributed by atoms with Crippen molar-refractivity contribution in [1.82, 2.24) is 0 Å². The molecular formula is C18H23NO. The number of rotatable bonds is 2. The first-order valence-electron chi connectivity index (χ1n) is 7.18. The number of furan rings is 1. The van der Waals surface area contributed by atoms with Crippen LogP contribution in [0.15, 0.2) is 22.6 Å². The van der Waals surface area contributed by atoms with E-state index in [1.165, 1.54) is 5.56 Å². The summed E-state index contributed by atoms with van der Waals surface area (Å²) in [6.45, 7) is 13.1. The van der Waals surface area contributed by atoms with E-state index < -0.39 is 0 Å². The van der Waals surface area contributed by atoms with Crippen molar-refractivity contribution in [3.8, 4) is 6.07 Å². The molecule has 20 heavy (non-hydrogen) atoms. The summed E-state index contributed by atoms with van der Waals surface area (Å²) in [5.74, 6) is 0.443. The fourth-order valence-corrected chi connectivity index (χ4v) is 2.55. The highest BCUT2D eigenvalue weighted by atomic mass is 16.3. The molecule has 1 aromatic heterocycles. The highest BCUT2D eigenvalue weighted by Crippen LogP contribution is 2.38. The van der Waals surface area contributed by atoms with E-state index in [1.54, 1.807) is 0 Å². The van der Waals surface area contributed by atoms with Crippen LogP contribution in [-0.2, 0) is 10.8 Å². The lowest BCUT2D eigenvalue weighted by atomic mass is 9.80. The molecule has 1 aromatic carbocycles. The topological polar surface area (TPSA) is 36.9 Å². The summed E-state index contributed by atoms with van der Waals surface area (Å²) >= 11 is 0. The predicted octanol–water partition coefficient (Wildman–Crippen LogP) is 5.29. The fourth-order valence-electron chi connectivity index (χ4n) is 2.55. The minimum absolute atomic E-state index is 0.106. The Labute approximate surface area is 121 Å². The maximum Gasteiger partial charge on any atom is 0.208 e. The first kappa shape index (κ1) is 14.7. The van der Waals surface area contributed by atoms with Crippen LogP contribution in [0.5, 0.6) is 0 Å². The molecule has 0 saturated heterocycles. The van der Waals surface area contributed by atoms with Gasteiger partial charge in [-0.3, -0.25) is 0 Å². The van der Waals surface area contributed by atoms with Gasteiger partial charge in [-0.2, -0.15) is 5.26 Å². The van der Waals surface area contributed by atoms with Gasteiger partial charge in [0, 0.05) is 10.9 Å². The summed E-state index contributed by atoms with van der Waals surface area (Å²) in [4.78, 5) is 0. The van der Waals surface area contributed by atoms with E-state index in [1.807, 2.05) is 6.07 Å². The maximum atomic E-state index is 9.31. The standard InChI is InChI=1S/C18H23NO/c1-7-18(5,6)12-8-9-14-13(10-12)16(17(2,3)4)15(11-19)20-14/h8-10H,7H2,1-6H3. The van der Waals surface area contributed by atoms with Crippen LogP contribution in [0, 0.1) is 11.3 Å². The molecule has 0 aliphatic rings. The Hall–Kier alpha value is -1.75. The summed E-state index contributed by atoms with van der Waals surface area (Å²) in [6, 6.07) is 8.51. The van der Waals surface area contributed by atoms with Crippen molar-refractivity contribution in [2.24, 2.45) is 0 Å². The Morgan fingerprint density at radius 2 is 1.80 bits per heavy atom. The highest BCUT2D eigenvalue weighted by Gasteiger charge is 2.27. The minimum Gasteiger partial charge on any atom is -0.445 e. The molecule has 0 aliphatic carbocycles. The molecule has 0 N–H and O–H groups in total. The molecule has 0 atom stereocenters. The van der Waals surface area contributed by atoms with Crippen molar-refractivity contribution in [3.05, 3.63) is 35.1 Å². The maximum absolute atomic E-state index is 9.31. The van der Waals surface area contributed by atoms with Gasteiger partial charge in [0.1, 0.15) is 11.7 Å². The normalized spacial score (nSPS) is 12.7. The molecule has 0 spiro atoms. The molecule has 0 radical (unpaired) electrons. The van der Waals surface area contributed by atoms with Crippen molar-refractivity contribution in [2.75, 3.05) is 0 Å². The molecule has 2 rings (SSSR count). The molecule has 1 heterocycles. The number of hydrogen-bond donors (Lipinski definition) is 0. The largest absolute Gasteiger partial charge is 0.445 e. The lowest BCUT2D eigenvalue weighted by Crippen LogP contribution is -2.16. The van der Waals surface area contributed by atoms with Crippen LogP contribution in [0.2, 0.25) is 0 Å². The quantitative estimate of drug-likeness (QED) is 0.742. The van der Waals surface area contributed by atoms with Crippen LogP contribution in [0.1, 0.15) is 64.9 Å². The van der Waals surface area contributed by atoms with Crippen LogP contribution in [-0.4, -0.2) is 0 Å². The summed E-state index contributed by atoms with van der Waals surface area (Å²) in [5.41, 5.74) is 3.15. The molecule has 0 unspecified atom stereocenters. The Bertz CT molecular complexity index is 678. The van der Waals surface area contributed by atoms with E-state index in [-0.39, 0.29) is 10.8 Å². The number of nitrogens with zero attached hydrogens (tertiary/aromatic N) is 1. The van der Waals surface area contributed by atoms with E-state index >= 15 is 0 Å². The van der Waals surface area contributed by atoms with Crippen LogP contribution >= 0.6 is 0 Å². The zero-order valence-corrected chi connectivity index (χ0v) is 13.3. The summed E-state index contributed by atoms with van der Waals surface area (Å²) in [5, 5.41) is 10.4. The Morgan fingerprint density at radius 3 is 2.30 bits per heavy atom. The first-order valence-corrected chi connectivity index (χ1v) is 7.18. The molecule has 2 nitrogen and oxygen atoms in total. The third-order valence-electron chi connectivity index (χ3n) is 4.20. The van der Waals surface area contributed by atoms with Gasteiger partial charge in [-0.05, 0) is 34.9 Å². The highest BCUT2D eigenvalue weighted by molar-refractivity contribution is 5.85. The van der Waals surface area contributed by atoms with Crippen molar-refractivity contribution in [1.29, 1.82) is 5.26 Å². The summed E-state index contributed by atoms with van der Waals surface area (Å²) < 4.78 is 5.72. The Morgan fingerprint density at radius 1 is 1.15 bits per heavy atom. The molecule has 0 aliphatic heterocycles. The van der Waals surface area contributed by atoms with E-state index in [4.69, 9.17) is 4.42 Å². The first-order chi connectivity index (χ1) is 9.20. The smallest absolute Gasteiger partial charge is 0.208 e. The number of nitriles is 1. The predicted molar refractivity (Wildman–Crippen MR) is 82.9 cm³/mol. The number of fused-ring (bicyclic) bond motifs is 1. The van der Waals surface area contributed by atoms with Gasteiger partial charge in [0.2, 0.25) is 5.76 Å². The molecular weight excluding hydrogens is 246 g/mol. The van der Waals surface area contributed by atoms with Gasteiger partial charge in [0.25, 0.3) is 0 Å². The van der Waals surface area contributed by atoms with Crippen LogP contribution < -0.4 is 0 Å². The second kappa shape index (κ2) is 4.66. The third-order valence-corrected chi connectivity index (χ3v) is 4.20. The number of hydrogen-bond acceptors (Lipinski definition) is 2. The minimum atomic E-state index is -0.106. The van der Waals surface area contributed by atoms with Crippen molar-refractivity contribution >= 4 is 11.0 Å². The zero-order chi connectivity index (χ0) is 15.1. The Kier molecular flexibility index (Phi) is 3.42. The van der Waals surface area contributed by atoms with Gasteiger partial charge in [-0.25, -0.2) is 0 Å². The molecule has 106 valence electrons. The molecule has 0 fully saturated rings.